The molecule has 172 valence electrons. The maximum atomic E-state index is 5.86. The molecule has 6 rings (SSSR count). The molecule has 0 aromatic heterocycles. The minimum Gasteiger partial charge on any atom is -0.364 e. The number of hydrogen-bond acceptors (Lipinski definition) is 1. The van der Waals surface area contributed by atoms with Gasteiger partial charge in [0.25, 0.3) is 0 Å². The van der Waals surface area contributed by atoms with Crippen LogP contribution in [0.5, 0.6) is 0 Å². The molecule has 5 saturated carbocycles. The second kappa shape index (κ2) is 7.91. The minimum atomic E-state index is 0.448. The lowest BCUT2D eigenvalue weighted by Crippen LogP contribution is -2.53. The minimum absolute atomic E-state index is 0.448. The van der Waals surface area contributed by atoms with Crippen molar-refractivity contribution in [1.29, 1.82) is 0 Å². The number of rotatable bonds is 3. The molecule has 1 spiro atoms. The summed E-state index contributed by atoms with van der Waals surface area (Å²) in [6.45, 7) is 6.58. The molecule has 0 heterocycles. The number of benzene rings is 1. The van der Waals surface area contributed by atoms with Crippen LogP contribution >= 0.6 is 0 Å². The van der Waals surface area contributed by atoms with Gasteiger partial charge in [-0.3, -0.25) is 0 Å². The molecule has 1 heteroatoms. The topological polar surface area (TPSA) is 9.23 Å². The van der Waals surface area contributed by atoms with E-state index >= 15 is 0 Å². The molecular formula is C31H42O. The van der Waals surface area contributed by atoms with Gasteiger partial charge in [0.15, 0.2) is 0 Å². The highest BCUT2D eigenvalue weighted by atomic mass is 16.5. The van der Waals surface area contributed by atoms with Crippen LogP contribution in [0.25, 0.3) is 0 Å². The molecule has 1 nitrogen and oxygen atoms in total. The Bertz CT molecular complexity index is 888. The molecule has 0 saturated heterocycles. The summed E-state index contributed by atoms with van der Waals surface area (Å²) in [5, 5.41) is 0. The van der Waals surface area contributed by atoms with E-state index in [0.717, 1.165) is 29.1 Å². The van der Waals surface area contributed by atoms with Gasteiger partial charge < -0.3 is 4.74 Å². The highest BCUT2D eigenvalue weighted by Crippen LogP contribution is 2.71. The normalized spacial score (nSPS) is 43.5. The van der Waals surface area contributed by atoms with Crippen LogP contribution in [0.4, 0.5) is 0 Å². The monoisotopic (exact) mass is 430 g/mol. The van der Waals surface area contributed by atoms with Crippen molar-refractivity contribution >= 4 is 0 Å². The molecule has 5 fully saturated rings. The molecule has 5 aliphatic rings. The van der Waals surface area contributed by atoms with Crippen LogP contribution in [0, 0.1) is 57.7 Å². The summed E-state index contributed by atoms with van der Waals surface area (Å²) in [7, 11) is 0. The third kappa shape index (κ3) is 3.48. The van der Waals surface area contributed by atoms with Crippen LogP contribution in [0.3, 0.4) is 0 Å². The molecule has 0 N–H and O–H groups in total. The standard InChI is InChI=1S/C31H42O/c1-29-15-14-28-26(12-10-25-21-31(18-19-31)17-16-30(25,28)2)27(29)13-11-24(29)9-6-20-32-22-23-7-4-3-5-8-23/h3-5,7-8,24-28H,10-22H2,1-2H3/t24-,25-,26+,27+,28+,29-,30+/m1/s1. The lowest BCUT2D eigenvalue weighted by atomic mass is 9.44. The van der Waals surface area contributed by atoms with Crippen molar-refractivity contribution in [3.8, 4) is 11.8 Å². The fourth-order valence-electron chi connectivity index (χ4n) is 9.25. The van der Waals surface area contributed by atoms with Gasteiger partial charge in [0.05, 0.1) is 6.61 Å². The highest BCUT2D eigenvalue weighted by Gasteiger charge is 2.62. The first kappa shape index (κ1) is 21.3. The third-order valence-corrected chi connectivity index (χ3v) is 11.5. The zero-order valence-corrected chi connectivity index (χ0v) is 20.4. The molecular weight excluding hydrogens is 388 g/mol. The van der Waals surface area contributed by atoms with E-state index in [2.05, 4.69) is 56.0 Å². The van der Waals surface area contributed by atoms with E-state index in [-0.39, 0.29) is 0 Å². The summed E-state index contributed by atoms with van der Waals surface area (Å²) in [5.41, 5.74) is 3.15. The van der Waals surface area contributed by atoms with Crippen LogP contribution in [0.2, 0.25) is 0 Å². The molecule has 0 aliphatic heterocycles. The van der Waals surface area contributed by atoms with Crippen LogP contribution in [-0.4, -0.2) is 6.61 Å². The summed E-state index contributed by atoms with van der Waals surface area (Å²) >= 11 is 0. The van der Waals surface area contributed by atoms with E-state index in [1.165, 1.54) is 50.5 Å². The molecule has 0 bridgehead atoms. The Morgan fingerprint density at radius 2 is 1.62 bits per heavy atom. The first-order valence-corrected chi connectivity index (χ1v) is 13.6. The Balaban J connectivity index is 1.10. The van der Waals surface area contributed by atoms with Crippen molar-refractivity contribution in [3.63, 3.8) is 0 Å². The Morgan fingerprint density at radius 1 is 0.844 bits per heavy atom. The van der Waals surface area contributed by atoms with Crippen molar-refractivity contribution in [3.05, 3.63) is 35.9 Å². The largest absolute Gasteiger partial charge is 0.364 e. The molecule has 1 aromatic carbocycles. The predicted octanol–water partition coefficient (Wildman–Crippen LogP) is 7.65. The highest BCUT2D eigenvalue weighted by molar-refractivity contribution is 5.18. The first-order valence-electron chi connectivity index (χ1n) is 13.6. The quantitative estimate of drug-likeness (QED) is 0.353. The zero-order valence-electron chi connectivity index (χ0n) is 20.4. The van der Waals surface area contributed by atoms with E-state index in [0.29, 0.717) is 30.0 Å². The van der Waals surface area contributed by atoms with Crippen molar-refractivity contribution in [1.82, 2.24) is 0 Å². The SMILES string of the molecule is C[C@]12CCC3(CC3)C[C@H]1CC[C@@H]1[C@@H]2CC[C@]2(C)[C@H](C#CCOCc3ccccc3)CC[C@@H]12. The predicted molar refractivity (Wildman–Crippen MR) is 131 cm³/mol. The van der Waals surface area contributed by atoms with Gasteiger partial charge in [-0.05, 0) is 116 Å². The average molecular weight is 431 g/mol. The van der Waals surface area contributed by atoms with Crippen LogP contribution in [0.15, 0.2) is 30.3 Å². The fraction of sp³-hybridized carbons (Fsp3) is 0.742. The third-order valence-electron chi connectivity index (χ3n) is 11.5. The average Bonchev–Trinajstić information content (AvgIpc) is 3.47. The van der Waals surface area contributed by atoms with Gasteiger partial charge in [-0.15, -0.1) is 0 Å². The second-order valence-corrected chi connectivity index (χ2v) is 12.8. The Labute approximate surface area is 196 Å². The van der Waals surface area contributed by atoms with E-state index in [9.17, 15) is 0 Å². The van der Waals surface area contributed by atoms with Gasteiger partial charge in [0, 0.05) is 5.92 Å². The molecule has 0 radical (unpaired) electrons. The van der Waals surface area contributed by atoms with Gasteiger partial charge in [-0.2, -0.15) is 0 Å². The molecule has 0 amide bonds. The van der Waals surface area contributed by atoms with Gasteiger partial charge in [0.1, 0.15) is 6.61 Å². The van der Waals surface area contributed by atoms with Crippen molar-refractivity contribution in [2.45, 2.75) is 91.1 Å². The van der Waals surface area contributed by atoms with Gasteiger partial charge in [-0.25, -0.2) is 0 Å². The summed E-state index contributed by atoms with van der Waals surface area (Å²) in [5.74, 6) is 11.6. The maximum Gasteiger partial charge on any atom is 0.108 e. The molecule has 32 heavy (non-hydrogen) atoms. The first-order chi connectivity index (χ1) is 15.5. The molecule has 5 aliphatic carbocycles. The zero-order chi connectivity index (χ0) is 21.8. The van der Waals surface area contributed by atoms with Crippen molar-refractivity contribution < 1.29 is 4.74 Å². The maximum absolute atomic E-state index is 5.86. The number of ether oxygens (including phenoxy) is 1. The van der Waals surface area contributed by atoms with Gasteiger partial charge >= 0.3 is 0 Å². The van der Waals surface area contributed by atoms with Gasteiger partial charge in [-0.1, -0.05) is 56.0 Å². The van der Waals surface area contributed by atoms with Crippen LogP contribution < -0.4 is 0 Å². The smallest absolute Gasteiger partial charge is 0.108 e. The van der Waals surface area contributed by atoms with Gasteiger partial charge in [0.2, 0.25) is 0 Å². The summed E-state index contributed by atoms with van der Waals surface area (Å²) in [6.07, 6.45) is 16.4. The molecule has 0 unspecified atom stereocenters. The number of hydrogen-bond donors (Lipinski definition) is 0. The Hall–Kier alpha value is -1.26. The lowest BCUT2D eigenvalue weighted by molar-refractivity contribution is -0.117. The molecule has 1 aromatic rings. The van der Waals surface area contributed by atoms with Crippen molar-refractivity contribution in [2.75, 3.05) is 6.61 Å². The summed E-state index contributed by atoms with van der Waals surface area (Å²) < 4.78 is 5.86. The van der Waals surface area contributed by atoms with E-state index in [1.54, 1.807) is 25.7 Å². The van der Waals surface area contributed by atoms with E-state index in [4.69, 9.17) is 4.74 Å². The Morgan fingerprint density at radius 3 is 2.44 bits per heavy atom. The van der Waals surface area contributed by atoms with E-state index in [1.807, 2.05) is 0 Å². The summed E-state index contributed by atoms with van der Waals surface area (Å²) in [4.78, 5) is 0. The molecule has 7 atom stereocenters. The second-order valence-electron chi connectivity index (χ2n) is 12.8. The van der Waals surface area contributed by atoms with E-state index < -0.39 is 0 Å². The fourth-order valence-corrected chi connectivity index (χ4v) is 9.25. The summed E-state index contributed by atoms with van der Waals surface area (Å²) in [6, 6.07) is 10.5. The van der Waals surface area contributed by atoms with Crippen LogP contribution in [0.1, 0.15) is 90.0 Å². The number of fused-ring (bicyclic) bond motifs is 5. The Kier molecular flexibility index (Phi) is 5.26. The lowest BCUT2D eigenvalue weighted by Gasteiger charge is -2.61. The van der Waals surface area contributed by atoms with Crippen molar-refractivity contribution in [2.24, 2.45) is 45.8 Å². The van der Waals surface area contributed by atoms with Crippen LogP contribution in [-0.2, 0) is 11.3 Å².